The normalized spacial score (nSPS) is 11.6. The van der Waals surface area contributed by atoms with Crippen LogP contribution >= 0.6 is 0 Å². The van der Waals surface area contributed by atoms with Crippen LogP contribution in [0, 0.1) is 6.07 Å². The van der Waals surface area contributed by atoms with E-state index in [9.17, 15) is 5.11 Å². The standard InChI is InChI=1S/C56H56N3O.Pt/c1-35(2)43-24-44(36(3)4)27-47(26-43)48-28-49(22-40-18-12-13-19-41(40)23-50-33-57-32-42-20-14-15-21-52(42)50)55(60)53(31-48)54-34-59(56(58-54)39-16-10-9-11-17-39)51-29-45(37(5)6)25-46(30-51)38(7)8;/h9-16,18-21,24-38,60H,22-23H2,1-8H3;/q-1;. The van der Waals surface area contributed by atoms with Crippen LogP contribution in [0.4, 0.5) is 0 Å². The predicted octanol–water partition coefficient (Wildman–Crippen LogP) is 14.6. The van der Waals surface area contributed by atoms with E-state index in [0.717, 1.165) is 45.6 Å². The summed E-state index contributed by atoms with van der Waals surface area (Å²) in [6.45, 7) is 18.0. The number of rotatable bonds is 12. The van der Waals surface area contributed by atoms with Gasteiger partial charge in [-0.15, -0.1) is 35.9 Å². The monoisotopic (exact) mass is 981 g/mol. The Labute approximate surface area is 377 Å². The molecule has 0 spiro atoms. The van der Waals surface area contributed by atoms with Gasteiger partial charge in [0.05, 0.1) is 11.5 Å². The Morgan fingerprint density at radius 2 is 1.13 bits per heavy atom. The number of pyridine rings is 1. The van der Waals surface area contributed by atoms with E-state index in [0.29, 0.717) is 41.3 Å². The van der Waals surface area contributed by atoms with Crippen molar-refractivity contribution >= 4 is 10.8 Å². The summed E-state index contributed by atoms with van der Waals surface area (Å²) in [5, 5.41) is 14.9. The average Bonchev–Trinajstić information content (AvgIpc) is 3.70. The summed E-state index contributed by atoms with van der Waals surface area (Å²) < 4.78 is 2.19. The zero-order valence-electron chi connectivity index (χ0n) is 36.6. The van der Waals surface area contributed by atoms with Gasteiger partial charge in [0, 0.05) is 62.7 Å². The molecule has 0 amide bonds. The van der Waals surface area contributed by atoms with Crippen molar-refractivity contribution in [1.29, 1.82) is 0 Å². The number of phenols is 1. The molecule has 8 rings (SSSR count). The van der Waals surface area contributed by atoms with Crippen LogP contribution in [0.3, 0.4) is 0 Å². The van der Waals surface area contributed by atoms with Crippen molar-refractivity contribution in [3.63, 3.8) is 0 Å². The molecule has 61 heavy (non-hydrogen) atoms. The summed E-state index contributed by atoms with van der Waals surface area (Å²) >= 11 is 0. The number of hydrogen-bond donors (Lipinski definition) is 1. The van der Waals surface area contributed by atoms with E-state index < -0.39 is 0 Å². The second kappa shape index (κ2) is 18.6. The Morgan fingerprint density at radius 3 is 1.74 bits per heavy atom. The van der Waals surface area contributed by atoms with Gasteiger partial charge in [-0.1, -0.05) is 128 Å². The van der Waals surface area contributed by atoms with Crippen LogP contribution in [0.2, 0.25) is 0 Å². The first kappa shape index (κ1) is 43.5. The molecular formula is C56H56N3OPt-. The summed E-state index contributed by atoms with van der Waals surface area (Å²) in [5.74, 6) is 2.48. The SMILES string of the molecule is CC(C)c1cc(-c2cc(Cc3ccccc3Cc3cncc4ccccc34)c(O)c(-c3cn(-c4cc(C(C)C)cc(C(C)C)c4)c(-c4[c-]cccc4)n3)c2)cc(C(C)C)c1.[Pt]. The van der Waals surface area contributed by atoms with Crippen LogP contribution < -0.4 is 0 Å². The first-order valence-electron chi connectivity index (χ1n) is 21.5. The molecule has 0 unspecified atom stereocenters. The van der Waals surface area contributed by atoms with E-state index in [1.54, 1.807) is 0 Å². The number of phenolic OH excluding ortho intramolecular Hbond substituents is 1. The van der Waals surface area contributed by atoms with Crippen molar-refractivity contribution in [1.82, 2.24) is 14.5 Å². The Bertz CT molecular complexity index is 2740. The summed E-state index contributed by atoms with van der Waals surface area (Å²) in [6, 6.07) is 46.8. The zero-order chi connectivity index (χ0) is 42.1. The molecule has 4 nitrogen and oxygen atoms in total. The fraction of sp³-hybridized carbons (Fsp3) is 0.250. The molecule has 8 aromatic rings. The van der Waals surface area contributed by atoms with Gasteiger partial charge < -0.3 is 9.67 Å². The van der Waals surface area contributed by atoms with E-state index in [1.165, 1.54) is 44.3 Å². The molecule has 0 fully saturated rings. The van der Waals surface area contributed by atoms with Gasteiger partial charge >= 0.3 is 0 Å². The number of aromatic hydroxyl groups is 1. The van der Waals surface area contributed by atoms with Gasteiger partial charge in [0.2, 0.25) is 0 Å². The molecule has 0 bridgehead atoms. The minimum atomic E-state index is 0. The van der Waals surface area contributed by atoms with Gasteiger partial charge in [0.25, 0.3) is 0 Å². The summed E-state index contributed by atoms with van der Waals surface area (Å²) in [5.41, 5.74) is 15.2. The van der Waals surface area contributed by atoms with E-state index in [4.69, 9.17) is 4.98 Å². The van der Waals surface area contributed by atoms with Gasteiger partial charge in [0.15, 0.2) is 0 Å². The molecule has 0 aliphatic carbocycles. The van der Waals surface area contributed by atoms with Crippen molar-refractivity contribution in [2.24, 2.45) is 0 Å². The van der Waals surface area contributed by atoms with E-state index in [-0.39, 0.29) is 26.8 Å². The molecule has 6 aromatic carbocycles. The quantitative estimate of drug-likeness (QED) is 0.124. The van der Waals surface area contributed by atoms with Gasteiger partial charge in [-0.25, -0.2) is 0 Å². The van der Waals surface area contributed by atoms with Crippen molar-refractivity contribution in [2.75, 3.05) is 0 Å². The molecule has 2 aromatic heterocycles. The number of aromatic nitrogens is 3. The third kappa shape index (κ3) is 9.36. The third-order valence-electron chi connectivity index (χ3n) is 12.0. The number of nitrogens with zero attached hydrogens (tertiary/aromatic N) is 3. The molecule has 0 aliphatic heterocycles. The van der Waals surface area contributed by atoms with Crippen LogP contribution in [0.25, 0.3) is 50.2 Å². The molecule has 5 heteroatoms. The van der Waals surface area contributed by atoms with Crippen molar-refractivity contribution in [3.05, 3.63) is 190 Å². The largest absolute Gasteiger partial charge is 0.507 e. The maximum absolute atomic E-state index is 12.6. The number of imidazole rings is 1. The smallest absolute Gasteiger partial charge is 0.128 e. The minimum absolute atomic E-state index is 0. The van der Waals surface area contributed by atoms with Crippen LogP contribution in [-0.4, -0.2) is 19.6 Å². The summed E-state index contributed by atoms with van der Waals surface area (Å²) in [6.07, 6.45) is 7.31. The third-order valence-corrected chi connectivity index (χ3v) is 12.0. The molecule has 0 saturated carbocycles. The number of benzene rings is 6. The maximum atomic E-state index is 12.6. The molecule has 312 valence electrons. The Kier molecular flexibility index (Phi) is 13.3. The van der Waals surface area contributed by atoms with E-state index in [2.05, 4.69) is 180 Å². The topological polar surface area (TPSA) is 50.9 Å². The summed E-state index contributed by atoms with van der Waals surface area (Å²) in [7, 11) is 0. The number of fused-ring (bicyclic) bond motifs is 1. The van der Waals surface area contributed by atoms with Gasteiger partial charge in [0.1, 0.15) is 5.75 Å². The zero-order valence-corrected chi connectivity index (χ0v) is 38.9. The second-order valence-electron chi connectivity index (χ2n) is 17.6. The van der Waals surface area contributed by atoms with Gasteiger partial charge in [-0.3, -0.25) is 9.97 Å². The van der Waals surface area contributed by atoms with Crippen LogP contribution in [0.1, 0.15) is 124 Å². The van der Waals surface area contributed by atoms with Crippen LogP contribution in [-0.2, 0) is 33.9 Å². The molecule has 1 N–H and O–H groups in total. The van der Waals surface area contributed by atoms with Crippen molar-refractivity contribution in [3.8, 4) is 45.2 Å². The van der Waals surface area contributed by atoms with Crippen molar-refractivity contribution in [2.45, 2.75) is 91.9 Å². The fourth-order valence-corrected chi connectivity index (χ4v) is 8.23. The van der Waals surface area contributed by atoms with Gasteiger partial charge in [-0.05, 0) is 115 Å². The molecule has 0 atom stereocenters. The Morgan fingerprint density at radius 1 is 0.574 bits per heavy atom. The molecule has 2 heterocycles. The minimum Gasteiger partial charge on any atom is -0.507 e. The Hall–Kier alpha value is -5.57. The van der Waals surface area contributed by atoms with Crippen molar-refractivity contribution < 1.29 is 26.2 Å². The average molecular weight is 982 g/mol. The van der Waals surface area contributed by atoms with Gasteiger partial charge in [-0.2, -0.15) is 0 Å². The molecule has 0 radical (unpaired) electrons. The van der Waals surface area contributed by atoms with E-state index in [1.807, 2.05) is 30.6 Å². The van der Waals surface area contributed by atoms with Crippen LogP contribution in [0.5, 0.6) is 5.75 Å². The maximum Gasteiger partial charge on any atom is 0.128 e. The summed E-state index contributed by atoms with van der Waals surface area (Å²) in [4.78, 5) is 9.97. The fourth-order valence-electron chi connectivity index (χ4n) is 8.23. The second-order valence-corrected chi connectivity index (χ2v) is 17.6. The molecule has 0 saturated heterocycles. The first-order chi connectivity index (χ1) is 28.9. The van der Waals surface area contributed by atoms with Crippen LogP contribution in [0.15, 0.2) is 140 Å². The Balaban J connectivity index is 0.00000561. The predicted molar refractivity (Wildman–Crippen MR) is 251 cm³/mol. The molecule has 0 aliphatic rings. The molecular weight excluding hydrogens is 926 g/mol. The van der Waals surface area contributed by atoms with E-state index >= 15 is 0 Å². The first-order valence-corrected chi connectivity index (χ1v) is 21.5. The number of hydrogen-bond acceptors (Lipinski definition) is 3.